The molecule has 0 aliphatic heterocycles. The van der Waals surface area contributed by atoms with Crippen molar-refractivity contribution in [3.63, 3.8) is 0 Å². The third-order valence-corrected chi connectivity index (χ3v) is 3.91. The first kappa shape index (κ1) is 13.0. The number of aryl methyl sites for hydroxylation is 2. The Morgan fingerprint density at radius 1 is 1.17 bits per heavy atom. The molecular formula is C14H19N3S. The summed E-state index contributed by atoms with van der Waals surface area (Å²) < 4.78 is 0. The first-order chi connectivity index (χ1) is 8.52. The Labute approximate surface area is 112 Å². The molecule has 18 heavy (non-hydrogen) atoms. The molecule has 0 saturated carbocycles. The number of hydrogen-bond donors (Lipinski definition) is 1. The molecule has 0 aliphatic carbocycles. The van der Waals surface area contributed by atoms with Gasteiger partial charge in [0.2, 0.25) is 0 Å². The molecule has 0 amide bonds. The van der Waals surface area contributed by atoms with Crippen LogP contribution in [0, 0.1) is 13.8 Å². The van der Waals surface area contributed by atoms with Crippen LogP contribution in [0.2, 0.25) is 0 Å². The van der Waals surface area contributed by atoms with Crippen molar-refractivity contribution in [3.8, 4) is 10.7 Å². The average molecular weight is 261 g/mol. The summed E-state index contributed by atoms with van der Waals surface area (Å²) >= 11 is 1.73. The average Bonchev–Trinajstić information content (AvgIpc) is 2.74. The van der Waals surface area contributed by atoms with Crippen LogP contribution in [-0.2, 0) is 0 Å². The van der Waals surface area contributed by atoms with E-state index in [1.54, 1.807) is 11.3 Å². The lowest BCUT2D eigenvalue weighted by Crippen LogP contribution is -2.06. The Hall–Kier alpha value is -1.42. The second-order valence-electron chi connectivity index (χ2n) is 4.71. The van der Waals surface area contributed by atoms with Gasteiger partial charge in [-0.1, -0.05) is 13.8 Å². The van der Waals surface area contributed by atoms with Gasteiger partial charge in [0, 0.05) is 23.2 Å². The molecule has 0 unspecified atom stereocenters. The van der Waals surface area contributed by atoms with Gasteiger partial charge < -0.3 is 5.32 Å². The highest BCUT2D eigenvalue weighted by molar-refractivity contribution is 7.15. The fourth-order valence-corrected chi connectivity index (χ4v) is 2.93. The van der Waals surface area contributed by atoms with Gasteiger partial charge in [-0.05, 0) is 31.9 Å². The van der Waals surface area contributed by atoms with E-state index >= 15 is 0 Å². The minimum atomic E-state index is 0.423. The summed E-state index contributed by atoms with van der Waals surface area (Å²) in [5.41, 5.74) is 2.26. The van der Waals surface area contributed by atoms with Crippen LogP contribution in [0.3, 0.4) is 0 Å². The smallest absolute Gasteiger partial charge is 0.171 e. The minimum absolute atomic E-state index is 0.423. The minimum Gasteiger partial charge on any atom is -0.373 e. The van der Waals surface area contributed by atoms with Crippen molar-refractivity contribution in [2.45, 2.75) is 33.6 Å². The summed E-state index contributed by atoms with van der Waals surface area (Å²) in [5, 5.41) is 3.19. The number of thiophene rings is 1. The van der Waals surface area contributed by atoms with Crippen molar-refractivity contribution in [1.29, 1.82) is 0 Å². The van der Waals surface area contributed by atoms with Gasteiger partial charge in [0.15, 0.2) is 5.82 Å². The Balaban J connectivity index is 2.55. The first-order valence-corrected chi connectivity index (χ1v) is 6.97. The Bertz CT molecular complexity index is 558. The van der Waals surface area contributed by atoms with E-state index in [-0.39, 0.29) is 0 Å². The molecule has 4 heteroatoms. The van der Waals surface area contributed by atoms with Crippen LogP contribution in [0.4, 0.5) is 5.82 Å². The van der Waals surface area contributed by atoms with Crippen LogP contribution in [0.1, 0.15) is 35.9 Å². The van der Waals surface area contributed by atoms with Crippen molar-refractivity contribution < 1.29 is 0 Å². The summed E-state index contributed by atoms with van der Waals surface area (Å²) in [7, 11) is 1.91. The summed E-state index contributed by atoms with van der Waals surface area (Å²) in [6.45, 7) is 8.49. The molecule has 2 rings (SSSR count). The van der Waals surface area contributed by atoms with Crippen molar-refractivity contribution >= 4 is 17.2 Å². The maximum atomic E-state index is 4.65. The third-order valence-electron chi connectivity index (χ3n) is 2.91. The van der Waals surface area contributed by atoms with E-state index in [1.165, 1.54) is 10.4 Å². The maximum absolute atomic E-state index is 4.65. The van der Waals surface area contributed by atoms with E-state index in [2.05, 4.69) is 55.1 Å². The molecular weight excluding hydrogens is 242 g/mol. The van der Waals surface area contributed by atoms with E-state index in [1.807, 2.05) is 7.05 Å². The number of hydrogen-bond acceptors (Lipinski definition) is 4. The van der Waals surface area contributed by atoms with Gasteiger partial charge in [0.05, 0.1) is 4.88 Å². The van der Waals surface area contributed by atoms with E-state index in [9.17, 15) is 0 Å². The lowest BCUT2D eigenvalue weighted by atomic mass is 10.0. The number of anilines is 1. The number of nitrogens with zero attached hydrogens (tertiary/aromatic N) is 2. The van der Waals surface area contributed by atoms with E-state index in [4.69, 9.17) is 0 Å². The highest BCUT2D eigenvalue weighted by Gasteiger charge is 2.15. The molecule has 1 N–H and O–H groups in total. The Morgan fingerprint density at radius 3 is 2.39 bits per heavy atom. The molecule has 0 aliphatic rings. The SMILES string of the molecule is CNc1nc(-c2ccc(C)s2)nc(C)c1C(C)C. The molecule has 0 spiro atoms. The van der Waals surface area contributed by atoms with Gasteiger partial charge in [-0.3, -0.25) is 0 Å². The lowest BCUT2D eigenvalue weighted by Gasteiger charge is -2.15. The quantitative estimate of drug-likeness (QED) is 0.908. The molecule has 2 heterocycles. The molecule has 0 bridgehead atoms. The molecule has 0 radical (unpaired) electrons. The predicted molar refractivity (Wildman–Crippen MR) is 78.5 cm³/mol. The van der Waals surface area contributed by atoms with Crippen LogP contribution in [0.15, 0.2) is 12.1 Å². The summed E-state index contributed by atoms with van der Waals surface area (Å²) in [5.74, 6) is 2.18. The van der Waals surface area contributed by atoms with E-state index in [0.717, 1.165) is 22.2 Å². The van der Waals surface area contributed by atoms with Gasteiger partial charge in [0.1, 0.15) is 5.82 Å². The zero-order valence-electron chi connectivity index (χ0n) is 11.5. The largest absolute Gasteiger partial charge is 0.373 e. The molecule has 0 atom stereocenters. The lowest BCUT2D eigenvalue weighted by molar-refractivity contribution is 0.834. The zero-order valence-corrected chi connectivity index (χ0v) is 12.4. The van der Waals surface area contributed by atoms with Crippen molar-refractivity contribution in [3.05, 3.63) is 28.3 Å². The molecule has 0 fully saturated rings. The first-order valence-electron chi connectivity index (χ1n) is 6.16. The summed E-state index contributed by atoms with van der Waals surface area (Å²) in [6, 6.07) is 4.19. The van der Waals surface area contributed by atoms with Gasteiger partial charge in [-0.2, -0.15) is 0 Å². The van der Waals surface area contributed by atoms with Crippen LogP contribution in [0.25, 0.3) is 10.7 Å². The fraction of sp³-hybridized carbons (Fsp3) is 0.429. The standard InChI is InChI=1S/C14H19N3S/c1-8(2)12-10(4)16-13(17-14(12)15-5)11-7-6-9(3)18-11/h6-8H,1-5H3,(H,15,16,17). The number of rotatable bonds is 3. The number of aromatic nitrogens is 2. The van der Waals surface area contributed by atoms with Gasteiger partial charge in [-0.25, -0.2) is 9.97 Å². The predicted octanol–water partition coefficient (Wildman–Crippen LogP) is 3.99. The van der Waals surface area contributed by atoms with Crippen LogP contribution in [-0.4, -0.2) is 17.0 Å². The fourth-order valence-electron chi connectivity index (χ4n) is 2.13. The molecule has 2 aromatic rings. The second-order valence-corrected chi connectivity index (χ2v) is 6.00. The van der Waals surface area contributed by atoms with E-state index < -0.39 is 0 Å². The van der Waals surface area contributed by atoms with Crippen molar-refractivity contribution in [1.82, 2.24) is 9.97 Å². The Kier molecular flexibility index (Phi) is 3.66. The van der Waals surface area contributed by atoms with Crippen LogP contribution >= 0.6 is 11.3 Å². The molecule has 3 nitrogen and oxygen atoms in total. The molecule has 96 valence electrons. The monoisotopic (exact) mass is 261 g/mol. The topological polar surface area (TPSA) is 37.8 Å². The molecule has 2 aromatic heterocycles. The van der Waals surface area contributed by atoms with Gasteiger partial charge in [-0.15, -0.1) is 11.3 Å². The van der Waals surface area contributed by atoms with E-state index in [0.29, 0.717) is 5.92 Å². The Morgan fingerprint density at radius 2 is 1.89 bits per heavy atom. The van der Waals surface area contributed by atoms with Crippen LogP contribution < -0.4 is 5.32 Å². The molecule has 0 aromatic carbocycles. The zero-order chi connectivity index (χ0) is 13.3. The van der Waals surface area contributed by atoms with Crippen molar-refractivity contribution in [2.24, 2.45) is 0 Å². The summed E-state index contributed by atoms with van der Waals surface area (Å²) in [6.07, 6.45) is 0. The number of nitrogens with one attached hydrogen (secondary N) is 1. The maximum Gasteiger partial charge on any atom is 0.171 e. The van der Waals surface area contributed by atoms with Crippen molar-refractivity contribution in [2.75, 3.05) is 12.4 Å². The highest BCUT2D eigenvalue weighted by Crippen LogP contribution is 2.30. The molecule has 0 saturated heterocycles. The third kappa shape index (κ3) is 2.38. The second kappa shape index (κ2) is 5.06. The van der Waals surface area contributed by atoms with Crippen LogP contribution in [0.5, 0.6) is 0 Å². The highest BCUT2D eigenvalue weighted by atomic mass is 32.1. The normalized spacial score (nSPS) is 11.0. The van der Waals surface area contributed by atoms with Gasteiger partial charge >= 0.3 is 0 Å². The van der Waals surface area contributed by atoms with Gasteiger partial charge in [0.25, 0.3) is 0 Å². The summed E-state index contributed by atoms with van der Waals surface area (Å²) in [4.78, 5) is 11.7.